The second-order valence-corrected chi connectivity index (χ2v) is 8.52. The fourth-order valence-electron chi connectivity index (χ4n) is 2.45. The first kappa shape index (κ1) is 20.6. The fraction of sp³-hybridized carbons (Fsp3) is 0.300. The van der Waals surface area contributed by atoms with Gasteiger partial charge in [-0.2, -0.15) is 0 Å². The van der Waals surface area contributed by atoms with Crippen molar-refractivity contribution in [2.45, 2.75) is 31.7 Å². The molecule has 0 saturated heterocycles. The van der Waals surface area contributed by atoms with Gasteiger partial charge in [-0.3, -0.25) is 4.79 Å². The number of sulfone groups is 1. The average Bonchev–Trinajstić information content (AvgIpc) is 2.61. The van der Waals surface area contributed by atoms with Gasteiger partial charge in [0.2, 0.25) is 0 Å². The average molecular weight is 389 g/mol. The molecule has 0 heterocycles. The van der Waals surface area contributed by atoms with E-state index >= 15 is 0 Å². The van der Waals surface area contributed by atoms with Crippen LogP contribution in [0.3, 0.4) is 0 Å². The highest BCUT2D eigenvalue weighted by molar-refractivity contribution is 7.90. The van der Waals surface area contributed by atoms with Crippen LogP contribution in [0, 0.1) is 13.8 Å². The quantitative estimate of drug-likeness (QED) is 0.768. The number of esters is 1. The van der Waals surface area contributed by atoms with E-state index in [1.54, 1.807) is 0 Å². The van der Waals surface area contributed by atoms with E-state index in [-0.39, 0.29) is 16.5 Å². The number of amides is 1. The maximum absolute atomic E-state index is 12.0. The van der Waals surface area contributed by atoms with Crippen LogP contribution in [0.2, 0.25) is 0 Å². The molecule has 1 amide bonds. The van der Waals surface area contributed by atoms with Gasteiger partial charge < -0.3 is 10.1 Å². The summed E-state index contributed by atoms with van der Waals surface area (Å²) in [7, 11) is -3.33. The van der Waals surface area contributed by atoms with Gasteiger partial charge in [0.05, 0.1) is 16.5 Å². The smallest absolute Gasteiger partial charge is 0.338 e. The molecule has 0 saturated carbocycles. The zero-order chi connectivity index (χ0) is 20.2. The van der Waals surface area contributed by atoms with Crippen molar-refractivity contribution in [3.8, 4) is 0 Å². The Bertz CT molecular complexity index is 949. The predicted octanol–water partition coefficient (Wildman–Crippen LogP) is 2.74. The van der Waals surface area contributed by atoms with Gasteiger partial charge in [-0.25, -0.2) is 13.2 Å². The third-order valence-electron chi connectivity index (χ3n) is 4.26. The molecule has 2 aromatic carbocycles. The summed E-state index contributed by atoms with van der Waals surface area (Å²) >= 11 is 0. The van der Waals surface area contributed by atoms with Crippen LogP contribution in [0.4, 0.5) is 0 Å². The Morgan fingerprint density at radius 1 is 1.04 bits per heavy atom. The van der Waals surface area contributed by atoms with Crippen molar-refractivity contribution in [2.24, 2.45) is 0 Å². The van der Waals surface area contributed by atoms with Crippen LogP contribution in [0.15, 0.2) is 47.4 Å². The first-order valence-corrected chi connectivity index (χ1v) is 10.3. The van der Waals surface area contributed by atoms with E-state index in [1.807, 2.05) is 39.0 Å². The van der Waals surface area contributed by atoms with Gasteiger partial charge in [0, 0.05) is 6.26 Å². The lowest BCUT2D eigenvalue weighted by molar-refractivity contribution is -0.124. The van der Waals surface area contributed by atoms with Crippen LogP contribution in [0.25, 0.3) is 0 Å². The number of benzene rings is 2. The molecule has 1 atom stereocenters. The van der Waals surface area contributed by atoms with E-state index in [0.717, 1.165) is 17.4 Å². The summed E-state index contributed by atoms with van der Waals surface area (Å²) in [6.07, 6.45) is 1.08. The van der Waals surface area contributed by atoms with Gasteiger partial charge in [-0.1, -0.05) is 18.2 Å². The Balaban J connectivity index is 1.90. The maximum atomic E-state index is 12.0. The molecule has 0 radical (unpaired) electrons. The molecule has 0 fully saturated rings. The highest BCUT2D eigenvalue weighted by atomic mass is 32.2. The molecule has 2 aromatic rings. The van der Waals surface area contributed by atoms with E-state index in [9.17, 15) is 18.0 Å². The topological polar surface area (TPSA) is 89.5 Å². The van der Waals surface area contributed by atoms with Crippen molar-refractivity contribution in [3.63, 3.8) is 0 Å². The largest absolute Gasteiger partial charge is 0.452 e. The van der Waals surface area contributed by atoms with Crippen LogP contribution in [-0.4, -0.2) is 33.2 Å². The molecule has 1 N–H and O–H groups in total. The van der Waals surface area contributed by atoms with Crippen LogP contribution in [0.1, 0.15) is 40.0 Å². The maximum Gasteiger partial charge on any atom is 0.338 e. The molecule has 0 bridgehead atoms. The Hall–Kier alpha value is -2.67. The van der Waals surface area contributed by atoms with Crippen molar-refractivity contribution in [1.82, 2.24) is 5.32 Å². The van der Waals surface area contributed by atoms with Gasteiger partial charge in [-0.05, 0) is 61.7 Å². The van der Waals surface area contributed by atoms with Crippen molar-refractivity contribution in [3.05, 3.63) is 64.7 Å². The number of nitrogens with one attached hydrogen (secondary N) is 1. The number of hydrogen-bond donors (Lipinski definition) is 1. The van der Waals surface area contributed by atoms with Gasteiger partial charge in [-0.15, -0.1) is 0 Å². The molecular weight excluding hydrogens is 366 g/mol. The number of carbonyl (C=O) groups is 2. The minimum atomic E-state index is -3.33. The summed E-state index contributed by atoms with van der Waals surface area (Å²) < 4.78 is 27.8. The highest BCUT2D eigenvalue weighted by Crippen LogP contribution is 2.16. The summed E-state index contributed by atoms with van der Waals surface area (Å²) in [6.45, 7) is 5.46. The van der Waals surface area contributed by atoms with E-state index in [0.29, 0.717) is 0 Å². The molecule has 27 heavy (non-hydrogen) atoms. The van der Waals surface area contributed by atoms with Gasteiger partial charge in [0.25, 0.3) is 5.91 Å². The normalized spacial score (nSPS) is 12.3. The van der Waals surface area contributed by atoms with Gasteiger partial charge in [0.15, 0.2) is 16.4 Å². The summed E-state index contributed by atoms with van der Waals surface area (Å²) in [6, 6.07) is 11.1. The van der Waals surface area contributed by atoms with E-state index < -0.39 is 28.3 Å². The Labute approximate surface area is 159 Å². The number of ether oxygens (including phenoxy) is 1. The lowest BCUT2D eigenvalue weighted by Gasteiger charge is -2.15. The van der Waals surface area contributed by atoms with Gasteiger partial charge >= 0.3 is 5.97 Å². The molecule has 7 heteroatoms. The van der Waals surface area contributed by atoms with Crippen molar-refractivity contribution in [2.75, 3.05) is 12.9 Å². The van der Waals surface area contributed by atoms with Crippen LogP contribution < -0.4 is 5.32 Å². The number of hydrogen-bond acceptors (Lipinski definition) is 5. The molecule has 0 aliphatic rings. The molecule has 0 unspecified atom stereocenters. The monoisotopic (exact) mass is 389 g/mol. The lowest BCUT2D eigenvalue weighted by Crippen LogP contribution is -2.31. The Morgan fingerprint density at radius 2 is 1.67 bits per heavy atom. The standard InChI is InChI=1S/C20H23NO5S/c1-13-5-6-17(11-14(13)2)15(3)21-19(22)12-26-20(23)16-7-9-18(10-8-16)27(4,24)25/h5-11,15H,12H2,1-4H3,(H,21,22)/t15-/m0/s1. The number of carbonyl (C=O) groups excluding carboxylic acids is 2. The minimum Gasteiger partial charge on any atom is -0.452 e. The SMILES string of the molecule is Cc1ccc([C@H](C)NC(=O)COC(=O)c2ccc(S(C)(=O)=O)cc2)cc1C. The summed E-state index contributed by atoms with van der Waals surface area (Å²) in [5, 5.41) is 2.78. The molecule has 0 aromatic heterocycles. The second kappa shape index (κ2) is 8.35. The number of aryl methyl sites for hydroxylation is 2. The van der Waals surface area contributed by atoms with Crippen LogP contribution in [-0.2, 0) is 19.4 Å². The molecule has 144 valence electrons. The van der Waals surface area contributed by atoms with E-state index in [1.165, 1.54) is 29.8 Å². The molecule has 2 rings (SSSR count). The zero-order valence-corrected chi connectivity index (χ0v) is 16.6. The van der Waals surface area contributed by atoms with Crippen molar-refractivity contribution >= 4 is 21.7 Å². The summed E-state index contributed by atoms with van der Waals surface area (Å²) in [5.74, 6) is -1.11. The molecule has 0 spiro atoms. The molecule has 6 nitrogen and oxygen atoms in total. The van der Waals surface area contributed by atoms with Crippen molar-refractivity contribution in [1.29, 1.82) is 0 Å². The number of rotatable bonds is 6. The second-order valence-electron chi connectivity index (χ2n) is 6.51. The molecule has 0 aliphatic carbocycles. The fourth-order valence-corrected chi connectivity index (χ4v) is 3.08. The predicted molar refractivity (Wildman–Crippen MR) is 102 cm³/mol. The highest BCUT2D eigenvalue weighted by Gasteiger charge is 2.14. The third kappa shape index (κ3) is 5.65. The minimum absolute atomic E-state index is 0.110. The molecule has 0 aliphatic heterocycles. The van der Waals surface area contributed by atoms with E-state index in [2.05, 4.69) is 5.32 Å². The van der Waals surface area contributed by atoms with Crippen LogP contribution >= 0.6 is 0 Å². The summed E-state index contributed by atoms with van der Waals surface area (Å²) in [4.78, 5) is 24.1. The first-order valence-electron chi connectivity index (χ1n) is 8.41. The van der Waals surface area contributed by atoms with Crippen LogP contribution in [0.5, 0.6) is 0 Å². The third-order valence-corrected chi connectivity index (χ3v) is 5.39. The molecular formula is C20H23NO5S. The lowest BCUT2D eigenvalue weighted by atomic mass is 10.0. The van der Waals surface area contributed by atoms with Gasteiger partial charge in [0.1, 0.15) is 0 Å². The zero-order valence-electron chi connectivity index (χ0n) is 15.8. The Kier molecular flexibility index (Phi) is 6.38. The summed E-state index contributed by atoms with van der Waals surface area (Å²) in [5.41, 5.74) is 3.46. The Morgan fingerprint density at radius 3 is 2.22 bits per heavy atom. The van der Waals surface area contributed by atoms with E-state index in [4.69, 9.17) is 4.74 Å². The first-order chi connectivity index (χ1) is 12.6. The van der Waals surface area contributed by atoms with Crippen molar-refractivity contribution < 1.29 is 22.7 Å².